The molecule has 0 radical (unpaired) electrons. The molecule has 1 atom stereocenters. The summed E-state index contributed by atoms with van der Waals surface area (Å²) in [4.78, 5) is 36.7. The van der Waals surface area contributed by atoms with Gasteiger partial charge in [0.15, 0.2) is 0 Å². The van der Waals surface area contributed by atoms with Crippen LogP contribution in [0, 0.1) is 5.92 Å². The summed E-state index contributed by atoms with van der Waals surface area (Å²) in [6.07, 6.45) is 1.05. The molecule has 7 nitrogen and oxygen atoms in total. The Balaban J connectivity index is 1.95. The van der Waals surface area contributed by atoms with Crippen LogP contribution in [-0.2, 0) is 14.3 Å². The molecule has 1 N–H and O–H groups in total. The van der Waals surface area contributed by atoms with Gasteiger partial charge in [-0.05, 0) is 30.5 Å². The lowest BCUT2D eigenvalue weighted by atomic mass is 10.1. The van der Waals surface area contributed by atoms with Crippen LogP contribution in [0.4, 0.5) is 10.5 Å². The maximum absolute atomic E-state index is 12.3. The molecule has 1 aromatic rings. The highest BCUT2D eigenvalue weighted by Crippen LogP contribution is 2.25. The lowest BCUT2D eigenvalue weighted by Gasteiger charge is -2.18. The number of ether oxygens (including phenoxy) is 2. The van der Waals surface area contributed by atoms with Gasteiger partial charge in [0, 0.05) is 13.1 Å². The molecule has 1 saturated heterocycles. The van der Waals surface area contributed by atoms with E-state index in [0.29, 0.717) is 30.8 Å². The van der Waals surface area contributed by atoms with E-state index in [2.05, 4.69) is 14.8 Å². The number of nitrogens with one attached hydrogen (secondary N) is 1. The molecule has 0 saturated carbocycles. The minimum Gasteiger partial charge on any atom is -0.469 e. The van der Waals surface area contributed by atoms with Crippen LogP contribution in [0.3, 0.4) is 0 Å². The summed E-state index contributed by atoms with van der Waals surface area (Å²) in [5.74, 6) is -0.677. The summed E-state index contributed by atoms with van der Waals surface area (Å²) in [7, 11) is 2.63. The number of esters is 2. The molecule has 0 spiro atoms. The minimum absolute atomic E-state index is 0.0976. The number of hydrogen-bond donors (Lipinski definition) is 1. The number of anilines is 1. The van der Waals surface area contributed by atoms with Crippen LogP contribution in [-0.4, -0.2) is 50.2 Å². The van der Waals surface area contributed by atoms with Gasteiger partial charge in [0.2, 0.25) is 0 Å². The molecular formula is C16H19ClN2O5. The molecule has 2 rings (SSSR count). The first-order valence-corrected chi connectivity index (χ1v) is 7.83. The van der Waals surface area contributed by atoms with Gasteiger partial charge in [0.25, 0.3) is 0 Å². The molecule has 0 unspecified atom stereocenters. The molecule has 2 amide bonds. The average Bonchev–Trinajstić information content (AvgIpc) is 3.04. The van der Waals surface area contributed by atoms with Crippen LogP contribution in [0.15, 0.2) is 18.2 Å². The standard InChI is InChI=1S/C16H19ClN2O5/c1-23-14(20)7-10-5-6-19(9-10)16(22)18-13-4-3-11(8-12(13)17)15(21)24-2/h3-4,8,10H,5-7,9H2,1-2H3,(H,18,22)/t10-/m0/s1. The Labute approximate surface area is 144 Å². The van der Waals surface area contributed by atoms with Crippen molar-refractivity contribution in [2.45, 2.75) is 12.8 Å². The predicted molar refractivity (Wildman–Crippen MR) is 88.1 cm³/mol. The number of carbonyl (C=O) groups excluding carboxylic acids is 3. The molecular weight excluding hydrogens is 336 g/mol. The van der Waals surface area contributed by atoms with Crippen molar-refractivity contribution >= 4 is 35.3 Å². The van der Waals surface area contributed by atoms with E-state index in [-0.39, 0.29) is 22.9 Å². The Kier molecular flexibility index (Phi) is 6.03. The van der Waals surface area contributed by atoms with Gasteiger partial charge < -0.3 is 19.7 Å². The first kappa shape index (κ1) is 18.1. The number of benzene rings is 1. The third-order valence-electron chi connectivity index (χ3n) is 3.89. The van der Waals surface area contributed by atoms with E-state index in [9.17, 15) is 14.4 Å². The average molecular weight is 355 g/mol. The van der Waals surface area contributed by atoms with Gasteiger partial charge in [-0.15, -0.1) is 0 Å². The van der Waals surface area contributed by atoms with E-state index in [1.807, 2.05) is 0 Å². The van der Waals surface area contributed by atoms with Crippen molar-refractivity contribution in [1.29, 1.82) is 0 Å². The second-order valence-corrected chi connectivity index (χ2v) is 5.90. The van der Waals surface area contributed by atoms with Crippen LogP contribution in [0.5, 0.6) is 0 Å². The number of methoxy groups -OCH3 is 2. The first-order valence-electron chi connectivity index (χ1n) is 7.45. The van der Waals surface area contributed by atoms with Gasteiger partial charge in [-0.25, -0.2) is 9.59 Å². The molecule has 1 aliphatic rings. The van der Waals surface area contributed by atoms with E-state index < -0.39 is 5.97 Å². The topological polar surface area (TPSA) is 84.9 Å². The fraction of sp³-hybridized carbons (Fsp3) is 0.438. The number of rotatable bonds is 4. The van der Waals surface area contributed by atoms with Gasteiger partial charge in [-0.2, -0.15) is 0 Å². The van der Waals surface area contributed by atoms with Crippen LogP contribution in [0.25, 0.3) is 0 Å². The van der Waals surface area contributed by atoms with Crippen molar-refractivity contribution in [2.75, 3.05) is 32.6 Å². The number of likely N-dealkylation sites (tertiary alicyclic amines) is 1. The summed E-state index contributed by atoms with van der Waals surface area (Å²) in [6, 6.07) is 4.22. The lowest BCUT2D eigenvalue weighted by molar-refractivity contribution is -0.141. The summed E-state index contributed by atoms with van der Waals surface area (Å²) in [5, 5.41) is 2.96. The van der Waals surface area contributed by atoms with E-state index in [4.69, 9.17) is 11.6 Å². The van der Waals surface area contributed by atoms with Crippen molar-refractivity contribution in [3.05, 3.63) is 28.8 Å². The molecule has 130 valence electrons. The highest BCUT2D eigenvalue weighted by Gasteiger charge is 2.28. The van der Waals surface area contributed by atoms with Gasteiger partial charge in [0.1, 0.15) is 0 Å². The van der Waals surface area contributed by atoms with E-state index in [0.717, 1.165) is 6.42 Å². The Morgan fingerprint density at radius 3 is 2.67 bits per heavy atom. The van der Waals surface area contributed by atoms with Gasteiger partial charge in [-0.1, -0.05) is 11.6 Å². The number of amides is 2. The third kappa shape index (κ3) is 4.38. The zero-order valence-electron chi connectivity index (χ0n) is 13.5. The van der Waals surface area contributed by atoms with Gasteiger partial charge >= 0.3 is 18.0 Å². The summed E-state index contributed by atoms with van der Waals surface area (Å²) in [6.45, 7) is 1.05. The highest BCUT2D eigenvalue weighted by atomic mass is 35.5. The Hall–Kier alpha value is -2.28. The molecule has 8 heteroatoms. The smallest absolute Gasteiger partial charge is 0.337 e. The third-order valence-corrected chi connectivity index (χ3v) is 4.20. The number of halogens is 1. The van der Waals surface area contributed by atoms with Crippen molar-refractivity contribution in [3.8, 4) is 0 Å². The summed E-state index contributed by atoms with van der Waals surface area (Å²) in [5.41, 5.74) is 0.713. The molecule has 1 fully saturated rings. The number of nitrogens with zero attached hydrogens (tertiary/aromatic N) is 1. The first-order chi connectivity index (χ1) is 11.4. The van der Waals surface area contributed by atoms with Crippen molar-refractivity contribution in [2.24, 2.45) is 5.92 Å². The largest absolute Gasteiger partial charge is 0.469 e. The second kappa shape index (κ2) is 8.01. The monoisotopic (exact) mass is 354 g/mol. The molecule has 1 heterocycles. The number of carbonyl (C=O) groups is 3. The van der Waals surface area contributed by atoms with Gasteiger partial charge in [0.05, 0.1) is 36.9 Å². The zero-order chi connectivity index (χ0) is 17.7. The summed E-state index contributed by atoms with van der Waals surface area (Å²) >= 11 is 6.10. The fourth-order valence-corrected chi connectivity index (χ4v) is 2.79. The lowest BCUT2D eigenvalue weighted by Crippen LogP contribution is -2.33. The number of hydrogen-bond acceptors (Lipinski definition) is 5. The maximum atomic E-state index is 12.3. The second-order valence-electron chi connectivity index (χ2n) is 5.50. The van der Waals surface area contributed by atoms with Crippen LogP contribution in [0.1, 0.15) is 23.2 Å². The quantitative estimate of drug-likeness (QED) is 0.840. The predicted octanol–water partition coefficient (Wildman–Crippen LogP) is 2.54. The molecule has 1 aromatic carbocycles. The van der Waals surface area contributed by atoms with E-state index in [1.54, 1.807) is 11.0 Å². The van der Waals surface area contributed by atoms with Crippen LogP contribution in [0.2, 0.25) is 5.02 Å². The van der Waals surface area contributed by atoms with Crippen LogP contribution < -0.4 is 5.32 Å². The van der Waals surface area contributed by atoms with Crippen LogP contribution >= 0.6 is 11.6 Å². The normalized spacial score (nSPS) is 16.6. The molecule has 0 aromatic heterocycles. The Morgan fingerprint density at radius 1 is 1.29 bits per heavy atom. The van der Waals surface area contributed by atoms with Crippen molar-refractivity contribution in [1.82, 2.24) is 4.90 Å². The Morgan fingerprint density at radius 2 is 2.04 bits per heavy atom. The van der Waals surface area contributed by atoms with Gasteiger partial charge in [-0.3, -0.25) is 4.79 Å². The number of urea groups is 1. The van der Waals surface area contributed by atoms with Crippen molar-refractivity contribution in [3.63, 3.8) is 0 Å². The summed E-state index contributed by atoms with van der Waals surface area (Å²) < 4.78 is 9.26. The Bertz CT molecular complexity index is 649. The maximum Gasteiger partial charge on any atom is 0.337 e. The fourth-order valence-electron chi connectivity index (χ4n) is 2.56. The minimum atomic E-state index is -0.500. The van der Waals surface area contributed by atoms with Crippen molar-refractivity contribution < 1.29 is 23.9 Å². The molecule has 24 heavy (non-hydrogen) atoms. The highest BCUT2D eigenvalue weighted by molar-refractivity contribution is 6.34. The van der Waals surface area contributed by atoms with E-state index in [1.165, 1.54) is 26.4 Å². The molecule has 1 aliphatic heterocycles. The molecule has 0 bridgehead atoms. The zero-order valence-corrected chi connectivity index (χ0v) is 14.3. The SMILES string of the molecule is COC(=O)C[C@@H]1CCN(C(=O)Nc2ccc(C(=O)OC)cc2Cl)C1. The van der Waals surface area contributed by atoms with E-state index >= 15 is 0 Å². The molecule has 0 aliphatic carbocycles.